The molecule has 0 radical (unpaired) electrons. The van der Waals surface area contributed by atoms with Crippen molar-refractivity contribution in [3.63, 3.8) is 0 Å². The molecule has 7 N–H and O–H groups in total. The standard InChI is InChI=1S/C2H7N3O.CH6N2/c1-5(4)2(3)6;1-3-2/h4H2,1H3,(H2,3,6);3H,2H2,1H3. The van der Waals surface area contributed by atoms with Crippen LogP contribution in [0.1, 0.15) is 0 Å². The summed E-state index contributed by atoms with van der Waals surface area (Å²) in [6.07, 6.45) is 0. The molecular weight excluding hydrogens is 122 g/mol. The number of carbonyl (C=O) groups excluding carboxylic acids is 1. The van der Waals surface area contributed by atoms with Crippen molar-refractivity contribution >= 4 is 6.03 Å². The Labute approximate surface area is 53.9 Å². The molecule has 6 heteroatoms. The van der Waals surface area contributed by atoms with E-state index in [0.717, 1.165) is 5.01 Å². The van der Waals surface area contributed by atoms with Gasteiger partial charge in [0.25, 0.3) is 0 Å². The molecule has 0 fully saturated rings. The summed E-state index contributed by atoms with van der Waals surface area (Å²) in [6.45, 7) is 0. The first-order chi connectivity index (χ1) is 4.06. The number of primary amides is 1. The van der Waals surface area contributed by atoms with Crippen LogP contribution in [-0.4, -0.2) is 25.1 Å². The van der Waals surface area contributed by atoms with E-state index in [2.05, 4.69) is 17.0 Å². The van der Waals surface area contributed by atoms with Crippen LogP contribution in [0.25, 0.3) is 0 Å². The zero-order valence-corrected chi connectivity index (χ0v) is 5.59. The molecule has 56 valence electrons. The lowest BCUT2D eigenvalue weighted by Gasteiger charge is -2.01. The fourth-order valence-electron chi connectivity index (χ4n) is 0. The third-order valence-electron chi connectivity index (χ3n) is 0.348. The molecule has 0 bridgehead atoms. The van der Waals surface area contributed by atoms with E-state index in [-0.39, 0.29) is 0 Å². The molecular formula is C3H13N5O. The van der Waals surface area contributed by atoms with Crippen LogP contribution in [0.4, 0.5) is 4.79 Å². The zero-order valence-electron chi connectivity index (χ0n) is 5.59. The van der Waals surface area contributed by atoms with Crippen molar-refractivity contribution in [1.29, 1.82) is 0 Å². The number of amides is 2. The Bertz CT molecular complexity index is 72.6. The van der Waals surface area contributed by atoms with E-state index in [9.17, 15) is 4.79 Å². The average Bonchev–Trinajstić information content (AvgIpc) is 1.68. The Balaban J connectivity index is 0. The lowest BCUT2D eigenvalue weighted by molar-refractivity contribution is 0.219. The zero-order chi connectivity index (χ0) is 7.86. The Morgan fingerprint density at radius 2 is 1.78 bits per heavy atom. The summed E-state index contributed by atoms with van der Waals surface area (Å²) >= 11 is 0. The van der Waals surface area contributed by atoms with Gasteiger partial charge in [-0.3, -0.25) is 16.3 Å². The minimum Gasteiger partial charge on any atom is -0.350 e. The van der Waals surface area contributed by atoms with Crippen molar-refractivity contribution in [3.05, 3.63) is 0 Å². The van der Waals surface area contributed by atoms with Crippen molar-refractivity contribution in [2.45, 2.75) is 0 Å². The minimum absolute atomic E-state index is 0.630. The number of hydrogen-bond acceptors (Lipinski definition) is 4. The highest BCUT2D eigenvalue weighted by Gasteiger charge is 1.89. The average molecular weight is 135 g/mol. The van der Waals surface area contributed by atoms with Crippen molar-refractivity contribution in [2.75, 3.05) is 14.1 Å². The van der Waals surface area contributed by atoms with Gasteiger partial charge in [0, 0.05) is 7.05 Å². The van der Waals surface area contributed by atoms with Gasteiger partial charge in [0.15, 0.2) is 0 Å². The Morgan fingerprint density at radius 3 is 1.78 bits per heavy atom. The largest absolute Gasteiger partial charge is 0.350 e. The van der Waals surface area contributed by atoms with Crippen LogP contribution < -0.4 is 22.8 Å². The topological polar surface area (TPSA) is 110 Å². The van der Waals surface area contributed by atoms with Gasteiger partial charge in [-0.25, -0.2) is 10.6 Å². The first kappa shape index (κ1) is 11.0. The fraction of sp³-hybridized carbons (Fsp3) is 0.667. The third-order valence-corrected chi connectivity index (χ3v) is 0.348. The van der Waals surface area contributed by atoms with E-state index in [1.807, 2.05) is 0 Å². The molecule has 0 aliphatic rings. The normalized spacial score (nSPS) is 7.11. The molecule has 9 heavy (non-hydrogen) atoms. The quantitative estimate of drug-likeness (QED) is 0.174. The maximum Gasteiger partial charge on any atom is 0.328 e. The van der Waals surface area contributed by atoms with Gasteiger partial charge in [0.05, 0.1) is 0 Å². The summed E-state index contributed by atoms with van der Waals surface area (Å²) in [6, 6.07) is -0.630. The molecule has 2 amide bonds. The molecule has 0 unspecified atom stereocenters. The molecule has 0 atom stereocenters. The molecule has 0 saturated carbocycles. The van der Waals surface area contributed by atoms with E-state index in [1.165, 1.54) is 7.05 Å². The number of hydrazine groups is 2. The Kier molecular flexibility index (Phi) is 8.75. The van der Waals surface area contributed by atoms with Crippen molar-refractivity contribution in [1.82, 2.24) is 10.4 Å². The molecule has 0 aromatic carbocycles. The van der Waals surface area contributed by atoms with E-state index in [1.54, 1.807) is 7.05 Å². The van der Waals surface area contributed by atoms with E-state index >= 15 is 0 Å². The Morgan fingerprint density at radius 1 is 1.67 bits per heavy atom. The van der Waals surface area contributed by atoms with Gasteiger partial charge in [-0.05, 0) is 7.05 Å². The van der Waals surface area contributed by atoms with Crippen LogP contribution in [-0.2, 0) is 0 Å². The maximum atomic E-state index is 9.72. The van der Waals surface area contributed by atoms with Crippen LogP contribution >= 0.6 is 0 Å². The van der Waals surface area contributed by atoms with Gasteiger partial charge >= 0.3 is 6.03 Å². The highest BCUT2D eigenvalue weighted by atomic mass is 16.2. The number of carbonyl (C=O) groups is 1. The molecule has 0 rings (SSSR count). The summed E-state index contributed by atoms with van der Waals surface area (Å²) in [5, 5.41) is 0.806. The fourth-order valence-corrected chi connectivity index (χ4v) is 0. The lowest BCUT2D eigenvalue weighted by atomic mass is 11.0. The Hall–Kier alpha value is -0.850. The van der Waals surface area contributed by atoms with E-state index < -0.39 is 6.03 Å². The van der Waals surface area contributed by atoms with Gasteiger partial charge in [0.2, 0.25) is 0 Å². The first-order valence-corrected chi connectivity index (χ1v) is 2.21. The van der Waals surface area contributed by atoms with Crippen LogP contribution in [0.15, 0.2) is 0 Å². The molecule has 0 spiro atoms. The number of nitrogens with one attached hydrogen (secondary N) is 1. The van der Waals surface area contributed by atoms with Crippen LogP contribution in [0.5, 0.6) is 0 Å². The highest BCUT2D eigenvalue weighted by Crippen LogP contribution is 1.59. The molecule has 0 saturated heterocycles. The molecule has 0 aliphatic heterocycles. The number of rotatable bonds is 0. The molecule has 0 aliphatic carbocycles. The number of nitrogens with two attached hydrogens (primary N) is 3. The summed E-state index contributed by atoms with van der Waals surface area (Å²) in [5.74, 6) is 9.39. The molecule has 0 heterocycles. The minimum atomic E-state index is -0.630. The van der Waals surface area contributed by atoms with Crippen LogP contribution in [0.3, 0.4) is 0 Å². The maximum absolute atomic E-state index is 9.72. The van der Waals surface area contributed by atoms with Crippen LogP contribution in [0.2, 0.25) is 0 Å². The number of urea groups is 1. The molecule has 0 aromatic heterocycles. The SMILES string of the molecule is CN(N)C(N)=O.CNN. The predicted octanol–water partition coefficient (Wildman–Crippen LogP) is -2.05. The van der Waals surface area contributed by atoms with E-state index in [4.69, 9.17) is 5.84 Å². The summed E-state index contributed by atoms with van der Waals surface area (Å²) in [5.41, 5.74) is 6.85. The predicted molar refractivity (Wildman–Crippen MR) is 34.8 cm³/mol. The highest BCUT2D eigenvalue weighted by molar-refractivity contribution is 5.70. The second-order valence-electron chi connectivity index (χ2n) is 1.24. The van der Waals surface area contributed by atoms with Crippen molar-refractivity contribution in [2.24, 2.45) is 17.4 Å². The van der Waals surface area contributed by atoms with E-state index in [0.29, 0.717) is 0 Å². The number of nitrogens with zero attached hydrogens (tertiary/aromatic N) is 1. The van der Waals surface area contributed by atoms with Crippen molar-refractivity contribution in [3.8, 4) is 0 Å². The summed E-state index contributed by atoms with van der Waals surface area (Å²) in [4.78, 5) is 9.72. The second kappa shape index (κ2) is 7.15. The van der Waals surface area contributed by atoms with Crippen molar-refractivity contribution < 1.29 is 4.79 Å². The molecule has 0 aromatic rings. The monoisotopic (exact) mass is 135 g/mol. The summed E-state index contributed by atoms with van der Waals surface area (Å²) in [7, 11) is 3.03. The van der Waals surface area contributed by atoms with Gasteiger partial charge < -0.3 is 5.73 Å². The lowest BCUT2D eigenvalue weighted by Crippen LogP contribution is -2.37. The van der Waals surface area contributed by atoms with Gasteiger partial charge in [-0.2, -0.15) is 0 Å². The van der Waals surface area contributed by atoms with Gasteiger partial charge in [-0.15, -0.1) is 0 Å². The number of hydrogen-bond donors (Lipinski definition) is 4. The third kappa shape index (κ3) is 19.1. The second-order valence-corrected chi connectivity index (χ2v) is 1.24. The van der Waals surface area contributed by atoms with Gasteiger partial charge in [0.1, 0.15) is 0 Å². The summed E-state index contributed by atoms with van der Waals surface area (Å²) < 4.78 is 0. The smallest absolute Gasteiger partial charge is 0.328 e. The van der Waals surface area contributed by atoms with Gasteiger partial charge in [-0.1, -0.05) is 0 Å². The first-order valence-electron chi connectivity index (χ1n) is 2.21. The molecule has 6 nitrogen and oxygen atoms in total. The van der Waals surface area contributed by atoms with Crippen LogP contribution in [0, 0.1) is 0 Å².